The lowest BCUT2D eigenvalue weighted by Crippen LogP contribution is -2.37. The van der Waals surface area contributed by atoms with Crippen LogP contribution in [0.2, 0.25) is 0 Å². The third kappa shape index (κ3) is 3.92. The topological polar surface area (TPSA) is 98.0 Å². The van der Waals surface area contributed by atoms with E-state index < -0.39 is 12.0 Å². The maximum absolute atomic E-state index is 10.9. The van der Waals surface area contributed by atoms with E-state index in [0.29, 0.717) is 6.41 Å². The van der Waals surface area contributed by atoms with Gasteiger partial charge in [0.15, 0.2) is 0 Å². The molecule has 6 nitrogen and oxygen atoms in total. The van der Waals surface area contributed by atoms with E-state index >= 15 is 0 Å². The van der Waals surface area contributed by atoms with Gasteiger partial charge in [-0.25, -0.2) is 4.79 Å². The summed E-state index contributed by atoms with van der Waals surface area (Å²) in [4.78, 5) is 27.4. The summed E-state index contributed by atoms with van der Waals surface area (Å²) >= 11 is 0. The van der Waals surface area contributed by atoms with Crippen molar-refractivity contribution in [3.8, 4) is 0 Å². The van der Waals surface area contributed by atoms with Crippen LogP contribution in [0.1, 0.15) is 5.56 Å². The summed E-state index contributed by atoms with van der Waals surface area (Å²) in [6, 6.07) is 17.0. The number of carbonyl (C=O) groups excluding carboxylic acids is 1. The highest BCUT2D eigenvalue weighted by Crippen LogP contribution is 2.19. The molecule has 0 spiro atoms. The molecule has 4 N–H and O–H groups in total. The predicted molar refractivity (Wildman–Crippen MR) is 101 cm³/mol. The highest BCUT2D eigenvalue weighted by molar-refractivity contribution is 5.84. The van der Waals surface area contributed by atoms with Crippen LogP contribution in [0.15, 0.2) is 67.0 Å². The largest absolute Gasteiger partial charge is 0.480 e. The predicted octanol–water partition coefficient (Wildman–Crippen LogP) is 3.08. The average Bonchev–Trinajstić information content (AvgIpc) is 3.29. The zero-order valence-electron chi connectivity index (χ0n) is 14.0. The van der Waals surface area contributed by atoms with Gasteiger partial charge in [-0.3, -0.25) is 4.79 Å². The van der Waals surface area contributed by atoms with Crippen molar-refractivity contribution in [2.24, 2.45) is 0 Å². The molecule has 6 heteroatoms. The Balaban J connectivity index is 0.000000181. The summed E-state index contributed by atoms with van der Waals surface area (Å²) < 4.78 is 0. The van der Waals surface area contributed by atoms with E-state index in [2.05, 4.69) is 33.5 Å². The summed E-state index contributed by atoms with van der Waals surface area (Å²) in [7, 11) is 0. The number of H-pyrrole nitrogens is 2. The van der Waals surface area contributed by atoms with Gasteiger partial charge in [0.1, 0.15) is 6.04 Å². The molecule has 0 saturated heterocycles. The second-order valence-electron chi connectivity index (χ2n) is 5.80. The third-order valence-corrected chi connectivity index (χ3v) is 4.13. The summed E-state index contributed by atoms with van der Waals surface area (Å²) in [5, 5.41) is 13.5. The van der Waals surface area contributed by atoms with E-state index in [-0.39, 0.29) is 6.42 Å². The number of aromatic nitrogens is 2. The third-order valence-electron chi connectivity index (χ3n) is 4.13. The molecule has 1 amide bonds. The van der Waals surface area contributed by atoms with Crippen LogP contribution in [0, 0.1) is 0 Å². The molecule has 0 radical (unpaired) electrons. The number of aliphatic carboxylic acids is 1. The fourth-order valence-corrected chi connectivity index (χ4v) is 2.82. The second kappa shape index (κ2) is 8.02. The number of amides is 1. The molecule has 1 unspecified atom stereocenters. The monoisotopic (exact) mass is 349 g/mol. The van der Waals surface area contributed by atoms with E-state index in [1.807, 2.05) is 42.6 Å². The smallest absolute Gasteiger partial charge is 0.326 e. The summed E-state index contributed by atoms with van der Waals surface area (Å²) in [6.45, 7) is 0. The zero-order valence-corrected chi connectivity index (χ0v) is 14.0. The van der Waals surface area contributed by atoms with E-state index in [4.69, 9.17) is 5.11 Å². The van der Waals surface area contributed by atoms with Gasteiger partial charge in [-0.05, 0) is 29.1 Å². The standard InChI is InChI=1S/C12H12N2O3.C8H7N/c15-7-14-11(12(16)17)5-8-6-13-10-4-2-1-3-9(8)10;1-2-4-8-7(3-1)5-6-9-8/h1-4,6-7,11,13H,5H2,(H,14,15)(H,16,17);1-6,9H. The number of benzene rings is 2. The van der Waals surface area contributed by atoms with Crippen molar-refractivity contribution in [3.05, 3.63) is 72.6 Å². The van der Waals surface area contributed by atoms with Gasteiger partial charge in [0.2, 0.25) is 6.41 Å². The lowest BCUT2D eigenvalue weighted by Gasteiger charge is -2.09. The minimum Gasteiger partial charge on any atom is -0.480 e. The van der Waals surface area contributed by atoms with Crippen LogP contribution in [0.4, 0.5) is 0 Å². The number of carboxylic acid groups (broad SMARTS) is 1. The van der Waals surface area contributed by atoms with Gasteiger partial charge >= 0.3 is 5.97 Å². The number of aromatic amines is 2. The Labute approximate surface area is 149 Å². The molecule has 2 aromatic carbocycles. The maximum atomic E-state index is 10.9. The van der Waals surface area contributed by atoms with Gasteiger partial charge in [0.25, 0.3) is 0 Å². The molecule has 0 saturated carbocycles. The number of hydrogen-bond donors (Lipinski definition) is 4. The van der Waals surface area contributed by atoms with Crippen LogP contribution >= 0.6 is 0 Å². The van der Waals surface area contributed by atoms with Crippen LogP contribution in [-0.2, 0) is 16.0 Å². The van der Waals surface area contributed by atoms with E-state index in [0.717, 1.165) is 16.5 Å². The Kier molecular flexibility index (Phi) is 5.34. The Bertz CT molecular complexity index is 989. The quantitative estimate of drug-likeness (QED) is 0.417. The number of rotatable bonds is 5. The van der Waals surface area contributed by atoms with Crippen LogP contribution in [0.25, 0.3) is 21.8 Å². The van der Waals surface area contributed by atoms with Crippen LogP contribution < -0.4 is 5.32 Å². The highest BCUT2D eigenvalue weighted by atomic mass is 16.4. The molecule has 0 aliphatic rings. The second-order valence-corrected chi connectivity index (χ2v) is 5.80. The van der Waals surface area contributed by atoms with Crippen molar-refractivity contribution < 1.29 is 14.7 Å². The fraction of sp³-hybridized carbons (Fsp3) is 0.100. The van der Waals surface area contributed by atoms with Crippen molar-refractivity contribution in [3.63, 3.8) is 0 Å². The number of para-hydroxylation sites is 2. The molecule has 132 valence electrons. The average molecular weight is 349 g/mol. The molecular weight excluding hydrogens is 330 g/mol. The number of hydrogen-bond acceptors (Lipinski definition) is 2. The minimum absolute atomic E-state index is 0.262. The van der Waals surface area contributed by atoms with Gasteiger partial charge in [-0.2, -0.15) is 0 Å². The first kappa shape index (κ1) is 17.3. The first-order valence-corrected chi connectivity index (χ1v) is 8.18. The van der Waals surface area contributed by atoms with Crippen LogP contribution in [0.5, 0.6) is 0 Å². The number of fused-ring (bicyclic) bond motifs is 2. The molecule has 2 heterocycles. The molecule has 0 fully saturated rings. The Morgan fingerprint density at radius 3 is 2.50 bits per heavy atom. The molecule has 4 aromatic rings. The lowest BCUT2D eigenvalue weighted by molar-refractivity contribution is -0.140. The Morgan fingerprint density at radius 2 is 1.77 bits per heavy atom. The first-order chi connectivity index (χ1) is 12.7. The van der Waals surface area contributed by atoms with E-state index in [1.165, 1.54) is 10.9 Å². The van der Waals surface area contributed by atoms with Crippen molar-refractivity contribution in [1.82, 2.24) is 15.3 Å². The number of nitrogens with one attached hydrogen (secondary N) is 3. The van der Waals surface area contributed by atoms with Crippen molar-refractivity contribution in [1.29, 1.82) is 0 Å². The van der Waals surface area contributed by atoms with E-state index in [9.17, 15) is 9.59 Å². The fourth-order valence-electron chi connectivity index (χ4n) is 2.82. The van der Waals surface area contributed by atoms with Gasteiger partial charge in [-0.15, -0.1) is 0 Å². The highest BCUT2D eigenvalue weighted by Gasteiger charge is 2.18. The van der Waals surface area contributed by atoms with Crippen LogP contribution in [0.3, 0.4) is 0 Å². The van der Waals surface area contributed by atoms with Crippen molar-refractivity contribution >= 4 is 34.2 Å². The molecular formula is C20H19N3O3. The maximum Gasteiger partial charge on any atom is 0.326 e. The minimum atomic E-state index is -1.04. The number of carbonyl (C=O) groups is 2. The lowest BCUT2D eigenvalue weighted by atomic mass is 10.1. The Hall–Kier alpha value is -3.54. The summed E-state index contributed by atoms with van der Waals surface area (Å²) in [6.07, 6.45) is 4.39. The molecule has 2 aromatic heterocycles. The van der Waals surface area contributed by atoms with Crippen molar-refractivity contribution in [2.45, 2.75) is 12.5 Å². The van der Waals surface area contributed by atoms with Gasteiger partial charge in [0.05, 0.1) is 0 Å². The van der Waals surface area contributed by atoms with Gasteiger partial charge in [0, 0.05) is 35.2 Å². The van der Waals surface area contributed by atoms with Crippen molar-refractivity contribution in [2.75, 3.05) is 0 Å². The molecule has 4 rings (SSSR count). The molecule has 0 aliphatic heterocycles. The Morgan fingerprint density at radius 1 is 1.04 bits per heavy atom. The number of carboxylic acids is 1. The summed E-state index contributed by atoms with van der Waals surface area (Å²) in [5.41, 5.74) is 3.04. The summed E-state index contributed by atoms with van der Waals surface area (Å²) in [5.74, 6) is -1.04. The zero-order chi connectivity index (χ0) is 18.4. The first-order valence-electron chi connectivity index (χ1n) is 8.18. The SMILES string of the molecule is O=CNC(Cc1c[nH]c2ccccc12)C(=O)O.c1ccc2[nH]ccc2c1. The van der Waals surface area contributed by atoms with Gasteiger partial charge < -0.3 is 20.4 Å². The molecule has 26 heavy (non-hydrogen) atoms. The molecule has 0 bridgehead atoms. The van der Waals surface area contributed by atoms with Crippen LogP contribution in [-0.4, -0.2) is 33.5 Å². The molecule has 1 atom stereocenters. The molecule has 0 aliphatic carbocycles. The van der Waals surface area contributed by atoms with E-state index in [1.54, 1.807) is 6.20 Å². The normalized spacial score (nSPS) is 11.5. The van der Waals surface area contributed by atoms with Gasteiger partial charge in [-0.1, -0.05) is 36.4 Å².